The standard InChI is InChI=1S/C19H18N2O3.C2H6/c1-11-10-12(6-7-16(11)24-2)18-20-19(23)14-5-3-4-13-15(22)8-9-21(18)17(13)14;1-2/h3-7,10,18H,8-9H2,1-2H3,(H,20,23);1-2H3. The largest absolute Gasteiger partial charge is 0.496 e. The number of nitrogens with one attached hydrogen (secondary N) is 1. The number of rotatable bonds is 2. The van der Waals surface area contributed by atoms with Gasteiger partial charge in [-0.1, -0.05) is 26.0 Å². The summed E-state index contributed by atoms with van der Waals surface area (Å²) in [6, 6.07) is 11.2. The first-order valence-electron chi connectivity index (χ1n) is 8.98. The Bertz CT molecular complexity index is 846. The second-order valence-corrected chi connectivity index (χ2v) is 6.17. The molecule has 5 heteroatoms. The molecule has 2 aromatic carbocycles. The molecule has 2 aliphatic rings. The third-order valence-corrected chi connectivity index (χ3v) is 4.76. The molecule has 0 saturated heterocycles. The van der Waals surface area contributed by atoms with Crippen LogP contribution >= 0.6 is 0 Å². The molecule has 0 saturated carbocycles. The number of ether oxygens (including phenoxy) is 1. The van der Waals surface area contributed by atoms with Crippen molar-refractivity contribution in [2.24, 2.45) is 0 Å². The van der Waals surface area contributed by atoms with Crippen molar-refractivity contribution in [1.82, 2.24) is 5.32 Å². The molecule has 0 aliphatic carbocycles. The van der Waals surface area contributed by atoms with Gasteiger partial charge in [0, 0.05) is 18.5 Å². The highest BCUT2D eigenvalue weighted by Gasteiger charge is 2.37. The molecule has 1 unspecified atom stereocenters. The van der Waals surface area contributed by atoms with E-state index in [1.165, 1.54) is 0 Å². The summed E-state index contributed by atoms with van der Waals surface area (Å²) in [6.07, 6.45) is 0.182. The normalized spacial score (nSPS) is 17.7. The van der Waals surface area contributed by atoms with Crippen molar-refractivity contribution >= 4 is 17.4 Å². The number of nitrogens with zero attached hydrogens (tertiary/aromatic N) is 1. The van der Waals surface area contributed by atoms with Crippen LogP contribution in [0.15, 0.2) is 36.4 Å². The van der Waals surface area contributed by atoms with Gasteiger partial charge >= 0.3 is 0 Å². The molecule has 0 bridgehead atoms. The average Bonchev–Trinajstić information content (AvgIpc) is 2.67. The van der Waals surface area contributed by atoms with E-state index in [0.717, 1.165) is 22.6 Å². The number of hydrogen-bond donors (Lipinski definition) is 1. The van der Waals surface area contributed by atoms with Crippen molar-refractivity contribution in [2.45, 2.75) is 33.4 Å². The Morgan fingerprint density at radius 3 is 2.54 bits per heavy atom. The lowest BCUT2D eigenvalue weighted by Gasteiger charge is -2.42. The lowest BCUT2D eigenvalue weighted by atomic mass is 9.92. The minimum atomic E-state index is -0.274. The van der Waals surface area contributed by atoms with Crippen LogP contribution in [0.5, 0.6) is 5.75 Å². The van der Waals surface area contributed by atoms with Gasteiger partial charge in [0.25, 0.3) is 5.91 Å². The van der Waals surface area contributed by atoms with Gasteiger partial charge < -0.3 is 15.0 Å². The lowest BCUT2D eigenvalue weighted by molar-refractivity contribution is 0.0921. The Morgan fingerprint density at radius 2 is 1.85 bits per heavy atom. The highest BCUT2D eigenvalue weighted by Crippen LogP contribution is 2.39. The Balaban J connectivity index is 0.000000948. The van der Waals surface area contributed by atoms with Crippen molar-refractivity contribution in [3.8, 4) is 5.75 Å². The average molecular weight is 352 g/mol. The molecular weight excluding hydrogens is 328 g/mol. The molecule has 0 radical (unpaired) electrons. The summed E-state index contributed by atoms with van der Waals surface area (Å²) in [5.41, 5.74) is 3.97. The molecule has 5 nitrogen and oxygen atoms in total. The highest BCUT2D eigenvalue weighted by molar-refractivity contribution is 6.11. The molecule has 0 spiro atoms. The first-order valence-corrected chi connectivity index (χ1v) is 8.98. The maximum Gasteiger partial charge on any atom is 0.255 e. The van der Waals surface area contributed by atoms with Crippen LogP contribution in [0.1, 0.15) is 58.3 Å². The number of methoxy groups -OCH3 is 1. The third-order valence-electron chi connectivity index (χ3n) is 4.76. The zero-order chi connectivity index (χ0) is 18.8. The Kier molecular flexibility index (Phi) is 4.98. The Hall–Kier alpha value is -2.82. The van der Waals surface area contributed by atoms with Crippen LogP contribution in [0, 0.1) is 6.92 Å². The van der Waals surface area contributed by atoms with Crippen LogP contribution in [0.3, 0.4) is 0 Å². The second-order valence-electron chi connectivity index (χ2n) is 6.17. The van der Waals surface area contributed by atoms with Gasteiger partial charge in [-0.3, -0.25) is 9.59 Å². The van der Waals surface area contributed by atoms with Crippen molar-refractivity contribution in [3.63, 3.8) is 0 Å². The summed E-state index contributed by atoms with van der Waals surface area (Å²) in [5.74, 6) is 0.773. The van der Waals surface area contributed by atoms with Crippen molar-refractivity contribution < 1.29 is 14.3 Å². The maximum atomic E-state index is 12.5. The van der Waals surface area contributed by atoms with Gasteiger partial charge in [-0.15, -0.1) is 0 Å². The summed E-state index contributed by atoms with van der Waals surface area (Å²) in [6.45, 7) is 6.57. The highest BCUT2D eigenvalue weighted by atomic mass is 16.5. The van der Waals surface area contributed by atoms with Gasteiger partial charge in [0.05, 0.1) is 18.4 Å². The fourth-order valence-electron chi connectivity index (χ4n) is 3.60. The summed E-state index contributed by atoms with van der Waals surface area (Å²) < 4.78 is 5.32. The quantitative estimate of drug-likeness (QED) is 0.891. The maximum absolute atomic E-state index is 12.5. The fraction of sp³-hybridized carbons (Fsp3) is 0.333. The molecule has 1 atom stereocenters. The van der Waals surface area contributed by atoms with Gasteiger partial charge in [-0.05, 0) is 42.3 Å². The van der Waals surface area contributed by atoms with Crippen LogP contribution in [0.4, 0.5) is 5.69 Å². The molecule has 4 rings (SSSR count). The molecule has 2 aliphatic heterocycles. The molecule has 0 fully saturated rings. The monoisotopic (exact) mass is 352 g/mol. The summed E-state index contributed by atoms with van der Waals surface area (Å²) in [5, 5.41) is 3.07. The predicted octanol–water partition coefficient (Wildman–Crippen LogP) is 3.86. The zero-order valence-corrected chi connectivity index (χ0v) is 15.6. The number of hydrogen-bond acceptors (Lipinski definition) is 4. The number of anilines is 1. The molecular formula is C21H24N2O3. The van der Waals surface area contributed by atoms with Gasteiger partial charge in [-0.25, -0.2) is 0 Å². The van der Waals surface area contributed by atoms with Crippen LogP contribution in [0.2, 0.25) is 0 Å². The van der Waals surface area contributed by atoms with E-state index in [1.54, 1.807) is 19.2 Å². The summed E-state index contributed by atoms with van der Waals surface area (Å²) >= 11 is 0. The molecule has 2 heterocycles. The molecule has 136 valence electrons. The first kappa shape index (κ1) is 18.0. The molecule has 0 aromatic heterocycles. The number of benzene rings is 2. The summed E-state index contributed by atoms with van der Waals surface area (Å²) in [4.78, 5) is 26.9. The van der Waals surface area contributed by atoms with Crippen molar-refractivity contribution in [1.29, 1.82) is 0 Å². The smallest absolute Gasteiger partial charge is 0.255 e. The molecule has 2 aromatic rings. The zero-order valence-electron chi connectivity index (χ0n) is 15.6. The topological polar surface area (TPSA) is 58.6 Å². The summed E-state index contributed by atoms with van der Waals surface area (Å²) in [7, 11) is 1.64. The van der Waals surface area contributed by atoms with Gasteiger partial charge in [0.1, 0.15) is 11.9 Å². The number of para-hydroxylation sites is 1. The van der Waals surface area contributed by atoms with Crippen molar-refractivity contribution in [3.05, 3.63) is 58.7 Å². The fourth-order valence-corrected chi connectivity index (χ4v) is 3.60. The first-order chi connectivity index (χ1) is 12.6. The van der Waals surface area contributed by atoms with Crippen LogP contribution < -0.4 is 15.0 Å². The van der Waals surface area contributed by atoms with Gasteiger partial charge in [-0.2, -0.15) is 0 Å². The van der Waals surface area contributed by atoms with E-state index in [1.807, 2.05) is 45.0 Å². The minimum absolute atomic E-state index is 0.0995. The SMILES string of the molecule is CC.COc1ccc(C2NC(=O)c3cccc4c3N2CCC4=O)cc1C. The van der Waals surface area contributed by atoms with E-state index in [4.69, 9.17) is 4.74 Å². The molecule has 1 N–H and O–H groups in total. The minimum Gasteiger partial charge on any atom is -0.496 e. The van der Waals surface area contributed by atoms with E-state index in [0.29, 0.717) is 24.1 Å². The van der Waals surface area contributed by atoms with E-state index in [-0.39, 0.29) is 17.9 Å². The third kappa shape index (κ3) is 2.83. The van der Waals surface area contributed by atoms with E-state index >= 15 is 0 Å². The number of Topliss-reactive ketones (excluding diaryl/α,β-unsaturated/α-hetero) is 1. The number of amides is 1. The molecule has 1 amide bonds. The van der Waals surface area contributed by atoms with Crippen LogP contribution in [-0.2, 0) is 0 Å². The number of carbonyl (C=O) groups excluding carboxylic acids is 2. The Labute approximate surface area is 154 Å². The van der Waals surface area contributed by atoms with Crippen LogP contribution in [0.25, 0.3) is 0 Å². The van der Waals surface area contributed by atoms with Crippen LogP contribution in [-0.4, -0.2) is 25.3 Å². The predicted molar refractivity (Wildman–Crippen MR) is 102 cm³/mol. The lowest BCUT2D eigenvalue weighted by Crippen LogP contribution is -2.49. The van der Waals surface area contributed by atoms with E-state index in [9.17, 15) is 9.59 Å². The number of aryl methyl sites for hydroxylation is 1. The second kappa shape index (κ2) is 7.20. The van der Waals surface area contributed by atoms with Gasteiger partial charge in [0.2, 0.25) is 0 Å². The number of carbonyl (C=O) groups is 2. The van der Waals surface area contributed by atoms with Crippen molar-refractivity contribution in [2.75, 3.05) is 18.6 Å². The van der Waals surface area contributed by atoms with Gasteiger partial charge in [0.15, 0.2) is 5.78 Å². The molecule has 26 heavy (non-hydrogen) atoms. The number of ketones is 1. The van der Waals surface area contributed by atoms with E-state index in [2.05, 4.69) is 10.2 Å². The van der Waals surface area contributed by atoms with E-state index < -0.39 is 0 Å². The Morgan fingerprint density at radius 1 is 1.12 bits per heavy atom.